The Hall–Kier alpha value is -6.88. The van der Waals surface area contributed by atoms with Crippen molar-refractivity contribution in [3.63, 3.8) is 0 Å². The molecule has 4 atom stereocenters. The van der Waals surface area contributed by atoms with Crippen LogP contribution in [-0.2, 0) is 32.2 Å². The number of carbonyl (C=O) groups is 5. The highest BCUT2D eigenvalue weighted by molar-refractivity contribution is 6.31. The normalized spacial score (nSPS) is 17.8. The number of methoxy groups -OCH3 is 2. The fourth-order valence-corrected chi connectivity index (χ4v) is 9.27. The molecule has 3 aliphatic heterocycles. The molecular weight excluding hydrogens is 864 g/mol. The van der Waals surface area contributed by atoms with Crippen LogP contribution in [0.5, 0.6) is 0 Å². The molecule has 3 aliphatic rings. The Morgan fingerprint density at radius 1 is 0.682 bits per heavy atom. The van der Waals surface area contributed by atoms with E-state index in [0.29, 0.717) is 36.3 Å². The number of halogens is 1. The second-order valence-electron chi connectivity index (χ2n) is 17.6. The molecule has 4 N–H and O–H groups in total. The number of fused-ring (bicyclic) bond motifs is 1. The van der Waals surface area contributed by atoms with Gasteiger partial charge in [0.2, 0.25) is 11.8 Å². The van der Waals surface area contributed by atoms with Crippen LogP contribution in [0, 0.1) is 11.8 Å². The van der Waals surface area contributed by atoms with Gasteiger partial charge < -0.3 is 49.7 Å². The minimum atomic E-state index is -0.903. The van der Waals surface area contributed by atoms with E-state index in [1.165, 1.54) is 14.2 Å². The Balaban J connectivity index is 0.960. The molecule has 0 bridgehead atoms. The molecule has 6 amide bonds. The number of likely N-dealkylation sites (tertiary alicyclic amines) is 1. The Bertz CT molecular complexity index is 2590. The van der Waals surface area contributed by atoms with Crippen LogP contribution in [0.1, 0.15) is 75.4 Å². The quantitative estimate of drug-likeness (QED) is 0.104. The molecule has 346 valence electrons. The van der Waals surface area contributed by atoms with Crippen molar-refractivity contribution in [2.75, 3.05) is 34.0 Å². The third-order valence-electron chi connectivity index (χ3n) is 12.7. The van der Waals surface area contributed by atoms with Crippen LogP contribution in [0.25, 0.3) is 33.6 Å². The number of benzene rings is 3. The fraction of sp³-hybridized carbons (Fsp3) is 0.396. The van der Waals surface area contributed by atoms with Crippen molar-refractivity contribution >= 4 is 41.6 Å². The van der Waals surface area contributed by atoms with E-state index >= 15 is 0 Å². The van der Waals surface area contributed by atoms with Crippen molar-refractivity contribution in [1.82, 2.24) is 50.2 Å². The topological polar surface area (TPSA) is 198 Å². The summed E-state index contributed by atoms with van der Waals surface area (Å²) in [6.45, 7) is 8.98. The second kappa shape index (κ2) is 19.3. The number of nitrogens with zero attached hydrogens (tertiary/aromatic N) is 6. The third-order valence-corrected chi connectivity index (χ3v) is 13.1. The number of carbonyl (C=O) groups excluding carboxylic acids is 5. The van der Waals surface area contributed by atoms with E-state index in [-0.39, 0.29) is 48.9 Å². The van der Waals surface area contributed by atoms with Gasteiger partial charge in [-0.05, 0) is 64.1 Å². The lowest BCUT2D eigenvalue weighted by atomic mass is 10.0. The molecule has 2 fully saturated rings. The molecule has 5 heterocycles. The number of H-pyrrole nitrogens is 2. The van der Waals surface area contributed by atoms with Gasteiger partial charge in [-0.25, -0.2) is 24.4 Å². The van der Waals surface area contributed by atoms with Crippen LogP contribution in [0.15, 0.2) is 79.1 Å². The molecule has 2 saturated heterocycles. The number of rotatable bonds is 11. The zero-order chi connectivity index (χ0) is 46.8. The van der Waals surface area contributed by atoms with Crippen molar-refractivity contribution < 1.29 is 33.4 Å². The monoisotopic (exact) mass is 918 g/mol. The molecule has 2 aromatic heterocycles. The standard InChI is InChI=1S/C48H55ClN10O7/c1-27(2)40(54-46(62)65-5)44(60)58-20-8-11-38(58)42-50-21-36(52-42)31-16-12-29(13-17-31)30-14-18-32(19-15-30)37-22-51-43(53-37)39-25-57(26-59(39)45(61)41(28(3)4)55-47(63)66-6)48(64)56-23-33-9-7-10-35(49)34(33)24-56/h7,9-10,12-19,21-22,27-28,38-41H,8,11,20,23-26H2,1-6H3,(H,50,52)(H,51,53)(H,54,62)(H,55,63)/t38?,39?,40-,41-/m0/s1. The van der Waals surface area contributed by atoms with E-state index in [2.05, 4.69) is 25.6 Å². The lowest BCUT2D eigenvalue weighted by Gasteiger charge is -2.30. The van der Waals surface area contributed by atoms with Gasteiger partial charge in [0.25, 0.3) is 0 Å². The molecule has 66 heavy (non-hydrogen) atoms. The van der Waals surface area contributed by atoms with E-state index in [4.69, 9.17) is 26.1 Å². The number of alkyl carbamates (subject to hydrolysis) is 2. The molecule has 3 aromatic carbocycles. The Morgan fingerprint density at radius 2 is 1.20 bits per heavy atom. The predicted molar refractivity (Wildman–Crippen MR) is 246 cm³/mol. The number of amides is 6. The Kier molecular flexibility index (Phi) is 13.4. The van der Waals surface area contributed by atoms with Crippen molar-refractivity contribution in [1.29, 1.82) is 0 Å². The van der Waals surface area contributed by atoms with Crippen LogP contribution in [0.2, 0.25) is 5.02 Å². The lowest BCUT2D eigenvalue weighted by Crippen LogP contribution is -2.52. The van der Waals surface area contributed by atoms with Gasteiger partial charge in [-0.3, -0.25) is 9.59 Å². The van der Waals surface area contributed by atoms with Crippen molar-refractivity contribution in [2.45, 2.75) is 77.8 Å². The summed E-state index contributed by atoms with van der Waals surface area (Å²) >= 11 is 6.47. The molecule has 8 rings (SSSR count). The van der Waals surface area contributed by atoms with E-state index in [1.54, 1.807) is 32.0 Å². The SMILES string of the molecule is COC(=O)N[C@H](C(=O)N1CCCC1c1ncc(-c2ccc(-c3ccc(-c4cnc(C5CN(C(=O)N6Cc7cccc(Cl)c7C6)CN5C(=O)[C@@H](NC(=O)OC)C(C)C)[nH]4)cc3)cc2)[nH]1)C(C)C. The highest BCUT2D eigenvalue weighted by atomic mass is 35.5. The average Bonchev–Trinajstić information content (AvgIpc) is 4.18. The highest BCUT2D eigenvalue weighted by Gasteiger charge is 2.44. The number of imidazole rings is 2. The summed E-state index contributed by atoms with van der Waals surface area (Å²) in [5, 5.41) is 5.98. The van der Waals surface area contributed by atoms with Crippen LogP contribution < -0.4 is 10.6 Å². The summed E-state index contributed by atoms with van der Waals surface area (Å²) in [5.74, 6) is 0.293. The molecule has 0 aliphatic carbocycles. The second-order valence-corrected chi connectivity index (χ2v) is 18.0. The molecule has 2 unspecified atom stereocenters. The minimum Gasteiger partial charge on any atom is -0.453 e. The number of ether oxygens (including phenoxy) is 2. The van der Waals surface area contributed by atoms with Gasteiger partial charge in [0.1, 0.15) is 29.8 Å². The zero-order valence-electron chi connectivity index (χ0n) is 37.8. The number of nitrogens with one attached hydrogen (secondary N) is 4. The van der Waals surface area contributed by atoms with Crippen molar-refractivity contribution in [2.24, 2.45) is 11.8 Å². The maximum absolute atomic E-state index is 14.3. The summed E-state index contributed by atoms with van der Waals surface area (Å²) in [6.07, 6.45) is 3.73. The summed E-state index contributed by atoms with van der Waals surface area (Å²) in [7, 11) is 2.53. The summed E-state index contributed by atoms with van der Waals surface area (Å²) < 4.78 is 9.60. The molecule has 0 radical (unpaired) electrons. The van der Waals surface area contributed by atoms with Crippen LogP contribution >= 0.6 is 11.6 Å². The summed E-state index contributed by atoms with van der Waals surface area (Å²) in [6, 6.07) is 19.1. The van der Waals surface area contributed by atoms with Gasteiger partial charge in [-0.2, -0.15) is 0 Å². The van der Waals surface area contributed by atoms with Gasteiger partial charge in [0, 0.05) is 24.7 Å². The largest absolute Gasteiger partial charge is 0.453 e. The van der Waals surface area contributed by atoms with Gasteiger partial charge in [-0.15, -0.1) is 0 Å². The first-order valence-corrected chi connectivity index (χ1v) is 22.5. The molecule has 0 saturated carbocycles. The van der Waals surface area contributed by atoms with Gasteiger partial charge in [0.05, 0.1) is 57.3 Å². The zero-order valence-corrected chi connectivity index (χ0v) is 38.6. The molecule has 18 heteroatoms. The summed E-state index contributed by atoms with van der Waals surface area (Å²) in [4.78, 5) is 89.2. The van der Waals surface area contributed by atoms with E-state index in [1.807, 2.05) is 94.4 Å². The maximum atomic E-state index is 14.3. The first-order valence-electron chi connectivity index (χ1n) is 22.2. The van der Waals surface area contributed by atoms with E-state index in [9.17, 15) is 24.0 Å². The first kappa shape index (κ1) is 45.7. The predicted octanol–water partition coefficient (Wildman–Crippen LogP) is 7.49. The number of aromatic nitrogens is 4. The summed E-state index contributed by atoms with van der Waals surface area (Å²) in [5.41, 5.74) is 7.29. The number of aromatic amines is 2. The number of hydrogen-bond acceptors (Lipinski definition) is 9. The Labute approximate surface area is 388 Å². The molecule has 0 spiro atoms. The third kappa shape index (κ3) is 9.29. The lowest BCUT2D eigenvalue weighted by molar-refractivity contribution is -0.136. The van der Waals surface area contributed by atoms with Gasteiger partial charge in [-0.1, -0.05) is 100.0 Å². The average molecular weight is 919 g/mol. The van der Waals surface area contributed by atoms with Crippen molar-refractivity contribution in [3.8, 4) is 33.6 Å². The molecule has 17 nitrogen and oxygen atoms in total. The maximum Gasteiger partial charge on any atom is 0.407 e. The number of urea groups is 1. The fourth-order valence-electron chi connectivity index (χ4n) is 9.02. The molecular formula is C48H55ClN10O7. The van der Waals surface area contributed by atoms with Crippen molar-refractivity contribution in [3.05, 3.63) is 107 Å². The minimum absolute atomic E-state index is 0.00331. The molecule has 5 aromatic rings. The van der Waals surface area contributed by atoms with Crippen LogP contribution in [0.4, 0.5) is 14.4 Å². The van der Waals surface area contributed by atoms with E-state index < -0.39 is 30.3 Å². The smallest absolute Gasteiger partial charge is 0.407 e. The highest BCUT2D eigenvalue weighted by Crippen LogP contribution is 2.36. The van der Waals surface area contributed by atoms with E-state index in [0.717, 1.165) is 57.6 Å². The van der Waals surface area contributed by atoms with Crippen LogP contribution in [0.3, 0.4) is 0 Å². The Morgan fingerprint density at radius 3 is 1.71 bits per heavy atom. The first-order chi connectivity index (χ1) is 31.7. The van der Waals surface area contributed by atoms with Crippen LogP contribution in [-0.4, -0.2) is 116 Å². The van der Waals surface area contributed by atoms with Gasteiger partial charge in [0.15, 0.2) is 0 Å². The van der Waals surface area contributed by atoms with Gasteiger partial charge >= 0.3 is 18.2 Å². The number of hydrogen-bond donors (Lipinski definition) is 4.